The maximum Gasteiger partial charge on any atom is 0.421 e. The Morgan fingerprint density at radius 2 is 1.83 bits per heavy atom. The number of anilines is 2. The molecule has 0 saturated carbocycles. The summed E-state index contributed by atoms with van der Waals surface area (Å²) in [6.45, 7) is 5.25. The fourth-order valence-corrected chi connectivity index (χ4v) is 2.57. The predicted molar refractivity (Wildman–Crippen MR) is 90.4 cm³/mol. The summed E-state index contributed by atoms with van der Waals surface area (Å²) in [5.74, 6) is -0.467. The minimum Gasteiger partial charge on any atom is -0.497 e. The van der Waals surface area contributed by atoms with Gasteiger partial charge in [0.1, 0.15) is 16.2 Å². The van der Waals surface area contributed by atoms with E-state index in [9.17, 15) is 9.59 Å². The van der Waals surface area contributed by atoms with Crippen LogP contribution in [0, 0.1) is 0 Å². The van der Waals surface area contributed by atoms with Crippen LogP contribution in [0.4, 0.5) is 15.6 Å². The third kappa shape index (κ3) is 4.23. The van der Waals surface area contributed by atoms with Crippen molar-refractivity contribution < 1.29 is 24.2 Å². The molecule has 0 aliphatic carbocycles. The van der Waals surface area contributed by atoms with E-state index in [4.69, 9.17) is 14.6 Å². The number of carbonyl (C=O) groups is 2. The number of carboxylic acids is 1. The molecule has 0 fully saturated rings. The van der Waals surface area contributed by atoms with Gasteiger partial charge in [-0.3, -0.25) is 0 Å². The van der Waals surface area contributed by atoms with Crippen LogP contribution in [0.25, 0.3) is 0 Å². The van der Waals surface area contributed by atoms with Crippen molar-refractivity contribution in [3.8, 4) is 5.75 Å². The first-order valence-electron chi connectivity index (χ1n) is 7.07. The molecule has 2 aromatic rings. The first kappa shape index (κ1) is 17.7. The first-order chi connectivity index (χ1) is 11.2. The zero-order valence-electron chi connectivity index (χ0n) is 13.8. The first-order valence-corrected chi connectivity index (χ1v) is 7.89. The van der Waals surface area contributed by atoms with E-state index in [0.29, 0.717) is 11.4 Å². The Balaban J connectivity index is 2.43. The van der Waals surface area contributed by atoms with Gasteiger partial charge in [0.25, 0.3) is 0 Å². The number of nitrogens with zero attached hydrogens (tertiary/aromatic N) is 2. The minimum atomic E-state index is -1.10. The standard InChI is InChI=1S/C16H18N2O5S/c1-16(2,3)23-15(21)18(10-5-7-11(22-4)8-6-10)14-17-9-12(24-14)13(19)20/h5-9H,1-4H3,(H,19,20). The summed E-state index contributed by atoms with van der Waals surface area (Å²) in [5, 5.41) is 9.28. The highest BCUT2D eigenvalue weighted by Gasteiger charge is 2.27. The zero-order chi connectivity index (χ0) is 17.9. The molecule has 0 atom stereocenters. The van der Waals surface area contributed by atoms with E-state index in [1.807, 2.05) is 0 Å². The van der Waals surface area contributed by atoms with Crippen molar-refractivity contribution in [2.45, 2.75) is 26.4 Å². The van der Waals surface area contributed by atoms with Gasteiger partial charge < -0.3 is 14.6 Å². The number of thiazole rings is 1. The summed E-state index contributed by atoms with van der Waals surface area (Å²) in [6, 6.07) is 6.73. The smallest absolute Gasteiger partial charge is 0.421 e. The average molecular weight is 350 g/mol. The maximum absolute atomic E-state index is 12.6. The largest absolute Gasteiger partial charge is 0.497 e. The molecule has 1 aromatic heterocycles. The quantitative estimate of drug-likeness (QED) is 0.899. The van der Waals surface area contributed by atoms with E-state index in [1.54, 1.807) is 52.1 Å². The van der Waals surface area contributed by atoms with Crippen LogP contribution < -0.4 is 9.64 Å². The Morgan fingerprint density at radius 3 is 2.29 bits per heavy atom. The number of methoxy groups -OCH3 is 1. The second-order valence-electron chi connectivity index (χ2n) is 5.83. The molecule has 2 rings (SSSR count). The van der Waals surface area contributed by atoms with Gasteiger partial charge in [0.2, 0.25) is 0 Å². The van der Waals surface area contributed by atoms with Crippen molar-refractivity contribution >= 4 is 34.2 Å². The van der Waals surface area contributed by atoms with Gasteiger partial charge in [-0.2, -0.15) is 0 Å². The number of benzene rings is 1. The van der Waals surface area contributed by atoms with E-state index >= 15 is 0 Å². The Kier molecular flexibility index (Phi) is 5.08. The Bertz CT molecular complexity index is 734. The molecule has 0 radical (unpaired) electrons. The third-order valence-electron chi connectivity index (χ3n) is 2.80. The van der Waals surface area contributed by atoms with E-state index in [2.05, 4.69) is 4.98 Å². The molecule has 0 spiro atoms. The van der Waals surface area contributed by atoms with Crippen molar-refractivity contribution in [2.75, 3.05) is 12.0 Å². The molecule has 0 aliphatic rings. The van der Waals surface area contributed by atoms with Crippen LogP contribution in [0.2, 0.25) is 0 Å². The normalized spacial score (nSPS) is 11.0. The lowest BCUT2D eigenvalue weighted by Crippen LogP contribution is -2.33. The summed E-state index contributed by atoms with van der Waals surface area (Å²) >= 11 is 0.891. The van der Waals surface area contributed by atoms with Crippen LogP contribution in [0.1, 0.15) is 30.4 Å². The fourth-order valence-electron chi connectivity index (χ4n) is 1.80. The topological polar surface area (TPSA) is 89.0 Å². The number of aromatic carboxylic acids is 1. The predicted octanol–water partition coefficient (Wildman–Crippen LogP) is 3.92. The number of amides is 1. The Hall–Kier alpha value is -2.61. The van der Waals surface area contributed by atoms with Gasteiger partial charge in [0.05, 0.1) is 19.0 Å². The molecule has 1 aromatic carbocycles. The maximum atomic E-state index is 12.6. The molecule has 1 N–H and O–H groups in total. The lowest BCUT2D eigenvalue weighted by molar-refractivity contribution is 0.0598. The van der Waals surface area contributed by atoms with Crippen molar-refractivity contribution in [3.05, 3.63) is 35.3 Å². The van der Waals surface area contributed by atoms with Crippen LogP contribution >= 0.6 is 11.3 Å². The summed E-state index contributed by atoms with van der Waals surface area (Å²) in [5.41, 5.74) is -0.203. The van der Waals surface area contributed by atoms with Crippen molar-refractivity contribution in [1.29, 1.82) is 0 Å². The van der Waals surface area contributed by atoms with Crippen LogP contribution in [0.5, 0.6) is 5.75 Å². The number of hydrogen-bond acceptors (Lipinski definition) is 6. The van der Waals surface area contributed by atoms with Gasteiger partial charge in [-0.25, -0.2) is 19.5 Å². The highest BCUT2D eigenvalue weighted by Crippen LogP contribution is 2.32. The monoisotopic (exact) mass is 350 g/mol. The molecule has 1 amide bonds. The average Bonchev–Trinajstić information content (AvgIpc) is 2.96. The molecule has 7 nitrogen and oxygen atoms in total. The van der Waals surface area contributed by atoms with E-state index < -0.39 is 17.7 Å². The number of aromatic nitrogens is 1. The summed E-state index contributed by atoms with van der Waals surface area (Å²) in [7, 11) is 1.54. The fraction of sp³-hybridized carbons (Fsp3) is 0.312. The summed E-state index contributed by atoms with van der Waals surface area (Å²) in [4.78, 5) is 29.0. The molecule has 0 saturated heterocycles. The van der Waals surface area contributed by atoms with Crippen molar-refractivity contribution in [1.82, 2.24) is 4.98 Å². The molecule has 1 heterocycles. The highest BCUT2D eigenvalue weighted by atomic mass is 32.1. The van der Waals surface area contributed by atoms with Gasteiger partial charge >= 0.3 is 12.1 Å². The van der Waals surface area contributed by atoms with Gasteiger partial charge in [0.15, 0.2) is 5.13 Å². The molecule has 0 bridgehead atoms. The highest BCUT2D eigenvalue weighted by molar-refractivity contribution is 7.17. The van der Waals surface area contributed by atoms with E-state index in [-0.39, 0.29) is 10.0 Å². The molecular weight excluding hydrogens is 332 g/mol. The molecule has 0 unspecified atom stereocenters. The van der Waals surface area contributed by atoms with Crippen LogP contribution in [-0.2, 0) is 4.74 Å². The Labute approximate surface area is 143 Å². The Morgan fingerprint density at radius 1 is 1.21 bits per heavy atom. The molecule has 128 valence electrons. The third-order valence-corrected chi connectivity index (χ3v) is 3.77. The van der Waals surface area contributed by atoms with Crippen LogP contribution in [-0.4, -0.2) is 34.9 Å². The number of rotatable bonds is 4. The van der Waals surface area contributed by atoms with E-state index in [1.165, 1.54) is 11.1 Å². The second-order valence-corrected chi connectivity index (χ2v) is 6.84. The number of ether oxygens (including phenoxy) is 2. The van der Waals surface area contributed by atoms with Gasteiger partial charge in [-0.15, -0.1) is 0 Å². The number of carboxylic acid groups (broad SMARTS) is 1. The van der Waals surface area contributed by atoms with Crippen molar-refractivity contribution in [2.24, 2.45) is 0 Å². The molecular formula is C16H18N2O5S. The molecule has 8 heteroatoms. The number of carbonyl (C=O) groups excluding carboxylic acids is 1. The minimum absolute atomic E-state index is 0.0343. The van der Waals surface area contributed by atoms with Crippen LogP contribution in [0.3, 0.4) is 0 Å². The van der Waals surface area contributed by atoms with Gasteiger partial charge in [-0.05, 0) is 45.0 Å². The molecule has 24 heavy (non-hydrogen) atoms. The van der Waals surface area contributed by atoms with E-state index in [0.717, 1.165) is 11.3 Å². The van der Waals surface area contributed by atoms with Crippen molar-refractivity contribution in [3.63, 3.8) is 0 Å². The zero-order valence-corrected chi connectivity index (χ0v) is 14.6. The second kappa shape index (κ2) is 6.88. The summed E-state index contributed by atoms with van der Waals surface area (Å²) < 4.78 is 10.5. The summed E-state index contributed by atoms with van der Waals surface area (Å²) in [6.07, 6.45) is 0.572. The van der Waals surface area contributed by atoms with Gasteiger partial charge in [0, 0.05) is 0 Å². The SMILES string of the molecule is COc1ccc(N(C(=O)OC(C)(C)C)c2ncc(C(=O)O)s2)cc1. The lowest BCUT2D eigenvalue weighted by atomic mass is 10.2. The molecule has 0 aliphatic heterocycles. The van der Waals surface area contributed by atoms with Gasteiger partial charge in [-0.1, -0.05) is 11.3 Å². The lowest BCUT2D eigenvalue weighted by Gasteiger charge is -2.25. The number of hydrogen-bond donors (Lipinski definition) is 1. The van der Waals surface area contributed by atoms with Crippen LogP contribution in [0.15, 0.2) is 30.5 Å².